The molecule has 28 heavy (non-hydrogen) atoms. The first-order valence-corrected chi connectivity index (χ1v) is 9.77. The molecule has 1 fully saturated rings. The molecule has 5 nitrogen and oxygen atoms in total. The molecule has 9 heteroatoms. The Morgan fingerprint density at radius 2 is 1.86 bits per heavy atom. The number of hydrogen-bond acceptors (Lipinski definition) is 4. The SMILES string of the molecule is CNC(=O)C1CCN(C(=O)Cc2csc(-c3ccc(C(F)(F)F)cc3)n2)CC1. The van der Waals surface area contributed by atoms with Crippen LogP contribution in [-0.4, -0.2) is 41.8 Å². The molecule has 1 aliphatic rings. The van der Waals surface area contributed by atoms with Crippen molar-refractivity contribution < 1.29 is 22.8 Å². The first-order chi connectivity index (χ1) is 13.3. The van der Waals surface area contributed by atoms with Crippen molar-refractivity contribution in [3.8, 4) is 10.6 Å². The summed E-state index contributed by atoms with van der Waals surface area (Å²) in [6.45, 7) is 1.07. The van der Waals surface area contributed by atoms with Gasteiger partial charge < -0.3 is 10.2 Å². The number of benzene rings is 1. The van der Waals surface area contributed by atoms with Crippen LogP contribution in [-0.2, 0) is 22.2 Å². The summed E-state index contributed by atoms with van der Waals surface area (Å²) in [6.07, 6.45) is -2.95. The number of halogens is 3. The van der Waals surface area contributed by atoms with Crippen LogP contribution in [0.2, 0.25) is 0 Å². The number of alkyl halides is 3. The lowest BCUT2D eigenvalue weighted by atomic mass is 9.96. The Morgan fingerprint density at radius 1 is 1.21 bits per heavy atom. The molecule has 1 aromatic heterocycles. The maximum absolute atomic E-state index is 12.7. The van der Waals surface area contributed by atoms with Crippen molar-refractivity contribution in [1.29, 1.82) is 0 Å². The van der Waals surface area contributed by atoms with Crippen LogP contribution in [0.4, 0.5) is 13.2 Å². The van der Waals surface area contributed by atoms with Crippen molar-refractivity contribution in [2.45, 2.75) is 25.4 Å². The van der Waals surface area contributed by atoms with E-state index in [1.807, 2.05) is 0 Å². The van der Waals surface area contributed by atoms with Crippen molar-refractivity contribution >= 4 is 23.2 Å². The summed E-state index contributed by atoms with van der Waals surface area (Å²) in [4.78, 5) is 30.3. The summed E-state index contributed by atoms with van der Waals surface area (Å²) in [5.41, 5.74) is 0.477. The van der Waals surface area contributed by atoms with Crippen molar-refractivity contribution in [3.05, 3.63) is 40.9 Å². The van der Waals surface area contributed by atoms with Crippen molar-refractivity contribution in [2.75, 3.05) is 20.1 Å². The van der Waals surface area contributed by atoms with E-state index in [-0.39, 0.29) is 24.2 Å². The molecule has 0 spiro atoms. The van der Waals surface area contributed by atoms with E-state index >= 15 is 0 Å². The van der Waals surface area contributed by atoms with Gasteiger partial charge in [-0.2, -0.15) is 13.2 Å². The van der Waals surface area contributed by atoms with Crippen molar-refractivity contribution in [1.82, 2.24) is 15.2 Å². The first kappa shape index (κ1) is 20.3. The molecule has 1 aliphatic heterocycles. The van der Waals surface area contributed by atoms with Crippen molar-refractivity contribution in [2.24, 2.45) is 5.92 Å². The molecule has 150 valence electrons. The minimum atomic E-state index is -4.37. The van der Waals surface area contributed by atoms with Crippen LogP contribution in [0.5, 0.6) is 0 Å². The molecule has 0 bridgehead atoms. The molecule has 2 amide bonds. The first-order valence-electron chi connectivity index (χ1n) is 8.89. The summed E-state index contributed by atoms with van der Waals surface area (Å²) in [5, 5.41) is 4.97. The van der Waals surface area contributed by atoms with Crippen LogP contribution in [0.25, 0.3) is 10.6 Å². The fourth-order valence-corrected chi connectivity index (χ4v) is 4.01. The van der Waals surface area contributed by atoms with E-state index in [0.717, 1.165) is 12.1 Å². The predicted molar refractivity (Wildman–Crippen MR) is 99.6 cm³/mol. The fourth-order valence-electron chi connectivity index (χ4n) is 3.18. The van der Waals surface area contributed by atoms with Gasteiger partial charge in [0.2, 0.25) is 11.8 Å². The largest absolute Gasteiger partial charge is 0.416 e. The lowest BCUT2D eigenvalue weighted by Crippen LogP contribution is -2.43. The smallest absolute Gasteiger partial charge is 0.359 e. The van der Waals surface area contributed by atoms with E-state index in [1.165, 1.54) is 23.5 Å². The molecule has 1 saturated heterocycles. The van der Waals surface area contributed by atoms with Crippen LogP contribution in [0.3, 0.4) is 0 Å². The Bertz CT molecular complexity index is 841. The minimum absolute atomic E-state index is 0.00721. The molecule has 1 aromatic carbocycles. The molecule has 3 rings (SSSR count). The van der Waals surface area contributed by atoms with Crippen LogP contribution in [0.15, 0.2) is 29.6 Å². The van der Waals surface area contributed by atoms with E-state index in [2.05, 4.69) is 10.3 Å². The van der Waals surface area contributed by atoms with Gasteiger partial charge in [0, 0.05) is 37.0 Å². The van der Waals surface area contributed by atoms with E-state index < -0.39 is 11.7 Å². The zero-order valence-corrected chi connectivity index (χ0v) is 16.1. The third-order valence-corrected chi connectivity index (χ3v) is 5.75. The number of hydrogen-bond donors (Lipinski definition) is 1. The monoisotopic (exact) mass is 411 g/mol. The second-order valence-electron chi connectivity index (χ2n) is 6.67. The Hall–Kier alpha value is -2.42. The summed E-state index contributed by atoms with van der Waals surface area (Å²) < 4.78 is 38.0. The lowest BCUT2D eigenvalue weighted by Gasteiger charge is -2.31. The van der Waals surface area contributed by atoms with Gasteiger partial charge in [0.15, 0.2) is 0 Å². The molecule has 0 unspecified atom stereocenters. The highest BCUT2D eigenvalue weighted by atomic mass is 32.1. The maximum atomic E-state index is 12.7. The average Bonchev–Trinajstić information content (AvgIpc) is 3.15. The zero-order chi connectivity index (χ0) is 20.3. The van der Waals surface area contributed by atoms with E-state index in [1.54, 1.807) is 17.3 Å². The van der Waals surface area contributed by atoms with Crippen LogP contribution >= 0.6 is 11.3 Å². The van der Waals surface area contributed by atoms with Gasteiger partial charge in [-0.25, -0.2) is 4.98 Å². The fraction of sp³-hybridized carbons (Fsp3) is 0.421. The van der Waals surface area contributed by atoms with Gasteiger partial charge in [0.05, 0.1) is 17.7 Å². The Morgan fingerprint density at radius 3 is 2.43 bits per heavy atom. The maximum Gasteiger partial charge on any atom is 0.416 e. The number of amides is 2. The predicted octanol–water partition coefficient (Wildman–Crippen LogP) is 3.36. The summed E-state index contributed by atoms with van der Waals surface area (Å²) in [6, 6.07) is 4.82. The number of nitrogens with one attached hydrogen (secondary N) is 1. The van der Waals surface area contributed by atoms with Crippen molar-refractivity contribution in [3.63, 3.8) is 0 Å². The van der Waals surface area contributed by atoms with E-state index in [0.29, 0.717) is 42.2 Å². The molecule has 2 aromatic rings. The number of aromatic nitrogens is 1. The van der Waals surface area contributed by atoms with Gasteiger partial charge in [0.25, 0.3) is 0 Å². The highest BCUT2D eigenvalue weighted by molar-refractivity contribution is 7.13. The summed E-state index contributed by atoms with van der Waals surface area (Å²) >= 11 is 1.30. The van der Waals surface area contributed by atoms with Gasteiger partial charge in [-0.3, -0.25) is 9.59 Å². The Balaban J connectivity index is 1.59. The van der Waals surface area contributed by atoms with Crippen LogP contribution < -0.4 is 5.32 Å². The van der Waals surface area contributed by atoms with E-state index in [4.69, 9.17) is 0 Å². The Kier molecular flexibility index (Phi) is 6.02. The highest BCUT2D eigenvalue weighted by Gasteiger charge is 2.30. The molecule has 0 radical (unpaired) electrons. The Labute approximate surface area is 164 Å². The molecule has 1 N–H and O–H groups in total. The molecule has 0 aliphatic carbocycles. The number of likely N-dealkylation sites (tertiary alicyclic amines) is 1. The van der Waals surface area contributed by atoms with Gasteiger partial charge >= 0.3 is 6.18 Å². The second-order valence-corrected chi connectivity index (χ2v) is 7.52. The molecule has 0 atom stereocenters. The quantitative estimate of drug-likeness (QED) is 0.839. The lowest BCUT2D eigenvalue weighted by molar-refractivity contribution is -0.137. The molecule has 2 heterocycles. The average molecular weight is 411 g/mol. The second kappa shape index (κ2) is 8.30. The zero-order valence-electron chi connectivity index (χ0n) is 15.3. The minimum Gasteiger partial charge on any atom is -0.359 e. The number of piperidine rings is 1. The van der Waals surface area contributed by atoms with Crippen LogP contribution in [0.1, 0.15) is 24.1 Å². The standard InChI is InChI=1S/C19H20F3N3O2S/c1-23-17(27)12-6-8-25(9-7-12)16(26)10-15-11-28-18(24-15)13-2-4-14(5-3-13)19(20,21)22/h2-5,11-12H,6-10H2,1H3,(H,23,27). The van der Waals surface area contributed by atoms with Gasteiger partial charge in [0.1, 0.15) is 5.01 Å². The van der Waals surface area contributed by atoms with Gasteiger partial charge in [-0.1, -0.05) is 12.1 Å². The number of rotatable bonds is 4. The van der Waals surface area contributed by atoms with E-state index in [9.17, 15) is 22.8 Å². The molecular weight excluding hydrogens is 391 g/mol. The topological polar surface area (TPSA) is 62.3 Å². The van der Waals surface area contributed by atoms with Crippen LogP contribution in [0, 0.1) is 5.92 Å². The number of carbonyl (C=O) groups excluding carboxylic acids is 2. The number of nitrogens with zero attached hydrogens (tertiary/aromatic N) is 2. The number of carbonyl (C=O) groups is 2. The number of thiazole rings is 1. The molecule has 0 saturated carbocycles. The third-order valence-electron chi connectivity index (χ3n) is 4.81. The van der Waals surface area contributed by atoms with Gasteiger partial charge in [-0.05, 0) is 25.0 Å². The summed E-state index contributed by atoms with van der Waals surface area (Å²) in [5.74, 6) is -0.105. The summed E-state index contributed by atoms with van der Waals surface area (Å²) in [7, 11) is 1.61. The molecular formula is C19H20F3N3O2S. The van der Waals surface area contributed by atoms with Gasteiger partial charge in [-0.15, -0.1) is 11.3 Å². The third kappa shape index (κ3) is 4.70. The highest BCUT2D eigenvalue weighted by Crippen LogP contribution is 2.32. The normalized spacial score (nSPS) is 15.5.